The number of aromatic hydroxyl groups is 2. The van der Waals surface area contributed by atoms with Crippen LogP contribution in [0.15, 0.2) is 23.2 Å². The summed E-state index contributed by atoms with van der Waals surface area (Å²) < 4.78 is 5.43. The van der Waals surface area contributed by atoms with Gasteiger partial charge in [-0.1, -0.05) is 6.42 Å². The van der Waals surface area contributed by atoms with Crippen LogP contribution in [0.1, 0.15) is 50.5 Å². The maximum atomic E-state index is 11.7. The molecule has 0 bridgehead atoms. The number of rotatable bonds is 6. The van der Waals surface area contributed by atoms with Gasteiger partial charge in [0.2, 0.25) is 0 Å². The molecule has 0 unspecified atom stereocenters. The average molecular weight is 305 g/mol. The first kappa shape index (κ1) is 16.3. The van der Waals surface area contributed by atoms with Crippen molar-refractivity contribution in [2.75, 3.05) is 6.54 Å². The minimum atomic E-state index is -0.144. The number of phenolic OH excluding ortho intramolecular Hbond substituents is 2. The second-order valence-electron chi connectivity index (χ2n) is 5.63. The summed E-state index contributed by atoms with van der Waals surface area (Å²) >= 11 is 0. The van der Waals surface area contributed by atoms with Crippen molar-refractivity contribution in [1.82, 2.24) is 0 Å². The van der Waals surface area contributed by atoms with Crippen LogP contribution in [0.4, 0.5) is 0 Å². The number of hydrogen-bond donors (Lipinski definition) is 2. The van der Waals surface area contributed by atoms with Crippen molar-refractivity contribution in [3.63, 3.8) is 0 Å². The third-order valence-corrected chi connectivity index (χ3v) is 3.76. The number of aliphatic imine (C=N–C) groups is 1. The van der Waals surface area contributed by atoms with Crippen LogP contribution in [-0.2, 0) is 9.53 Å². The Labute approximate surface area is 130 Å². The fourth-order valence-corrected chi connectivity index (χ4v) is 2.55. The van der Waals surface area contributed by atoms with Gasteiger partial charge in [0.25, 0.3) is 0 Å². The molecule has 5 heteroatoms. The molecule has 0 saturated heterocycles. The SMILES string of the molecule is O=C(CCCN=Cc1ccc(O)cc1O)OC1CCCCC1. The van der Waals surface area contributed by atoms with Crippen LogP contribution in [0.5, 0.6) is 11.5 Å². The van der Waals surface area contributed by atoms with Crippen LogP contribution in [0.3, 0.4) is 0 Å². The molecule has 5 nitrogen and oxygen atoms in total. The molecule has 2 rings (SSSR count). The van der Waals surface area contributed by atoms with Crippen LogP contribution in [0.25, 0.3) is 0 Å². The van der Waals surface area contributed by atoms with Crippen molar-refractivity contribution < 1.29 is 19.7 Å². The molecule has 0 heterocycles. The van der Waals surface area contributed by atoms with Crippen LogP contribution >= 0.6 is 0 Å². The molecule has 0 amide bonds. The lowest BCUT2D eigenvalue weighted by molar-refractivity contribution is -0.150. The molecule has 1 aliphatic carbocycles. The highest BCUT2D eigenvalue weighted by Crippen LogP contribution is 2.21. The van der Waals surface area contributed by atoms with Crippen molar-refractivity contribution in [2.24, 2.45) is 4.99 Å². The van der Waals surface area contributed by atoms with E-state index in [1.54, 1.807) is 12.3 Å². The van der Waals surface area contributed by atoms with Gasteiger partial charge < -0.3 is 14.9 Å². The fraction of sp³-hybridized carbons (Fsp3) is 0.529. The van der Waals surface area contributed by atoms with Gasteiger partial charge in [0.15, 0.2) is 0 Å². The van der Waals surface area contributed by atoms with Gasteiger partial charge in [-0.3, -0.25) is 9.79 Å². The number of carbonyl (C=O) groups is 1. The zero-order valence-corrected chi connectivity index (χ0v) is 12.7. The second-order valence-corrected chi connectivity index (χ2v) is 5.63. The Bertz CT molecular complexity index is 521. The molecule has 2 N–H and O–H groups in total. The van der Waals surface area contributed by atoms with Crippen LogP contribution in [0.2, 0.25) is 0 Å². The summed E-state index contributed by atoms with van der Waals surface area (Å²) in [5.74, 6) is -0.143. The fourth-order valence-electron chi connectivity index (χ4n) is 2.55. The number of carbonyl (C=O) groups excluding carboxylic acids is 1. The molecule has 0 atom stereocenters. The first-order valence-corrected chi connectivity index (χ1v) is 7.86. The number of ether oxygens (including phenoxy) is 1. The predicted octanol–water partition coefficient (Wildman–Crippen LogP) is 3.17. The van der Waals surface area contributed by atoms with E-state index in [4.69, 9.17) is 4.74 Å². The highest BCUT2D eigenvalue weighted by atomic mass is 16.5. The number of nitrogens with zero attached hydrogens (tertiary/aromatic N) is 1. The molecular weight excluding hydrogens is 282 g/mol. The van der Waals surface area contributed by atoms with Gasteiger partial charge in [0.05, 0.1) is 0 Å². The lowest BCUT2D eigenvalue weighted by atomic mass is 9.98. The summed E-state index contributed by atoms with van der Waals surface area (Å²) in [4.78, 5) is 15.9. The zero-order valence-electron chi connectivity index (χ0n) is 12.7. The minimum Gasteiger partial charge on any atom is -0.508 e. The van der Waals surface area contributed by atoms with Crippen molar-refractivity contribution in [1.29, 1.82) is 0 Å². The minimum absolute atomic E-state index is 0.0135. The van der Waals surface area contributed by atoms with Crippen molar-refractivity contribution in [3.8, 4) is 11.5 Å². The standard InChI is InChI=1S/C17H23NO4/c19-14-9-8-13(16(20)11-14)12-18-10-4-7-17(21)22-15-5-2-1-3-6-15/h8-9,11-12,15,19-20H,1-7,10H2. The normalized spacial score (nSPS) is 16.0. The van der Waals surface area contributed by atoms with Gasteiger partial charge >= 0.3 is 5.97 Å². The van der Waals surface area contributed by atoms with E-state index < -0.39 is 0 Å². The molecule has 1 fully saturated rings. The summed E-state index contributed by atoms with van der Waals surface area (Å²) in [5.41, 5.74) is 0.544. The Morgan fingerprint density at radius 1 is 1.27 bits per heavy atom. The smallest absolute Gasteiger partial charge is 0.306 e. The van der Waals surface area contributed by atoms with E-state index >= 15 is 0 Å². The van der Waals surface area contributed by atoms with Crippen LogP contribution in [0, 0.1) is 0 Å². The van der Waals surface area contributed by atoms with Crippen LogP contribution in [-0.4, -0.2) is 35.0 Å². The molecule has 0 radical (unpaired) electrons. The molecule has 1 aliphatic rings. The number of benzene rings is 1. The predicted molar refractivity (Wildman–Crippen MR) is 84.4 cm³/mol. The zero-order chi connectivity index (χ0) is 15.8. The number of hydrogen-bond acceptors (Lipinski definition) is 5. The average Bonchev–Trinajstić information content (AvgIpc) is 2.50. The summed E-state index contributed by atoms with van der Waals surface area (Å²) in [6.45, 7) is 0.500. The monoisotopic (exact) mass is 305 g/mol. The Hall–Kier alpha value is -2.04. The third kappa shape index (κ3) is 5.39. The van der Waals surface area contributed by atoms with Gasteiger partial charge in [-0.05, 0) is 44.2 Å². The summed E-state index contributed by atoms with van der Waals surface area (Å²) in [7, 11) is 0. The van der Waals surface area contributed by atoms with E-state index in [-0.39, 0.29) is 23.6 Å². The molecule has 1 aromatic carbocycles. The van der Waals surface area contributed by atoms with Crippen molar-refractivity contribution in [3.05, 3.63) is 23.8 Å². The molecule has 0 spiro atoms. The molecule has 120 valence electrons. The second kappa shape index (κ2) is 8.41. The largest absolute Gasteiger partial charge is 0.508 e. The molecule has 0 aliphatic heterocycles. The summed E-state index contributed by atoms with van der Waals surface area (Å²) in [5, 5.41) is 18.8. The maximum Gasteiger partial charge on any atom is 0.306 e. The molecule has 1 aromatic rings. The molecular formula is C17H23NO4. The molecule has 0 aromatic heterocycles. The van der Waals surface area contributed by atoms with Gasteiger partial charge in [-0.15, -0.1) is 0 Å². The highest BCUT2D eigenvalue weighted by Gasteiger charge is 2.17. The Morgan fingerprint density at radius 2 is 2.05 bits per heavy atom. The summed E-state index contributed by atoms with van der Waals surface area (Å²) in [6.07, 6.45) is 8.17. The Morgan fingerprint density at radius 3 is 2.77 bits per heavy atom. The van der Waals surface area contributed by atoms with E-state index in [0.717, 1.165) is 25.7 Å². The van der Waals surface area contributed by atoms with E-state index in [1.165, 1.54) is 18.6 Å². The third-order valence-electron chi connectivity index (χ3n) is 3.76. The maximum absolute atomic E-state index is 11.7. The van der Waals surface area contributed by atoms with Crippen molar-refractivity contribution >= 4 is 12.2 Å². The Kier molecular flexibility index (Phi) is 6.25. The molecule has 22 heavy (non-hydrogen) atoms. The van der Waals surface area contributed by atoms with Gasteiger partial charge in [0, 0.05) is 30.8 Å². The summed E-state index contributed by atoms with van der Waals surface area (Å²) in [6, 6.07) is 4.34. The van der Waals surface area contributed by atoms with E-state index in [2.05, 4.69) is 4.99 Å². The van der Waals surface area contributed by atoms with Crippen LogP contribution < -0.4 is 0 Å². The Balaban J connectivity index is 1.65. The lowest BCUT2D eigenvalue weighted by Crippen LogP contribution is -2.20. The van der Waals surface area contributed by atoms with Gasteiger partial charge in [-0.25, -0.2) is 0 Å². The number of phenols is 2. The molecule has 1 saturated carbocycles. The van der Waals surface area contributed by atoms with E-state index in [0.29, 0.717) is 24.9 Å². The number of esters is 1. The van der Waals surface area contributed by atoms with E-state index in [1.807, 2.05) is 0 Å². The topological polar surface area (TPSA) is 79.1 Å². The van der Waals surface area contributed by atoms with Gasteiger partial charge in [-0.2, -0.15) is 0 Å². The first-order chi connectivity index (χ1) is 10.6. The van der Waals surface area contributed by atoms with E-state index in [9.17, 15) is 15.0 Å². The lowest BCUT2D eigenvalue weighted by Gasteiger charge is -2.21. The quantitative estimate of drug-likeness (QED) is 0.480. The first-order valence-electron chi connectivity index (χ1n) is 7.86. The van der Waals surface area contributed by atoms with Gasteiger partial charge in [0.1, 0.15) is 17.6 Å². The highest BCUT2D eigenvalue weighted by molar-refractivity contribution is 5.83. The van der Waals surface area contributed by atoms with Crippen molar-refractivity contribution in [2.45, 2.75) is 51.0 Å².